The standard InChI is InChI=1S/C50H33NS/c1-2-12-38(13-3-1)45-16-8-17-46-49-47(18-9-19-48(49)52-50(45)46)51(43-28-24-36(25-29-43)41-22-20-34-10-4-6-14-39(34)32-41)44-30-26-37(27-31-44)42-23-21-35-11-5-7-15-40(35)33-42/h1-33H. The third kappa shape index (κ3) is 5.33. The molecule has 0 fully saturated rings. The van der Waals surface area contributed by atoms with Crippen LogP contribution in [0.5, 0.6) is 0 Å². The molecule has 1 nitrogen and oxygen atoms in total. The number of nitrogens with zero attached hydrogens (tertiary/aromatic N) is 1. The number of thiophene rings is 1. The highest BCUT2D eigenvalue weighted by molar-refractivity contribution is 7.26. The number of fused-ring (bicyclic) bond motifs is 5. The van der Waals surface area contributed by atoms with Crippen LogP contribution in [0.25, 0.3) is 75.1 Å². The van der Waals surface area contributed by atoms with Crippen LogP contribution < -0.4 is 4.90 Å². The third-order valence-corrected chi connectivity index (χ3v) is 11.4. The van der Waals surface area contributed by atoms with Gasteiger partial charge in [0.25, 0.3) is 0 Å². The van der Waals surface area contributed by atoms with Crippen molar-refractivity contribution in [2.75, 3.05) is 4.90 Å². The van der Waals surface area contributed by atoms with Crippen molar-refractivity contribution in [1.29, 1.82) is 0 Å². The molecule has 10 aromatic rings. The Balaban J connectivity index is 1.12. The summed E-state index contributed by atoms with van der Waals surface area (Å²) in [6, 6.07) is 72.9. The molecular weight excluding hydrogens is 647 g/mol. The minimum absolute atomic E-state index is 1.12. The highest BCUT2D eigenvalue weighted by atomic mass is 32.1. The molecule has 0 radical (unpaired) electrons. The molecule has 10 rings (SSSR count). The van der Waals surface area contributed by atoms with E-state index >= 15 is 0 Å². The third-order valence-electron chi connectivity index (χ3n) is 10.2. The Bertz CT molecular complexity index is 2760. The first-order valence-corrected chi connectivity index (χ1v) is 18.6. The van der Waals surface area contributed by atoms with Gasteiger partial charge < -0.3 is 4.90 Å². The van der Waals surface area contributed by atoms with Crippen molar-refractivity contribution in [2.45, 2.75) is 0 Å². The molecule has 1 aromatic heterocycles. The first-order chi connectivity index (χ1) is 25.8. The fraction of sp³-hybridized carbons (Fsp3) is 0. The predicted molar refractivity (Wildman–Crippen MR) is 225 cm³/mol. The molecule has 0 unspecified atom stereocenters. The highest BCUT2D eigenvalue weighted by Crippen LogP contribution is 2.47. The van der Waals surface area contributed by atoms with Crippen molar-refractivity contribution in [3.63, 3.8) is 0 Å². The fourth-order valence-corrected chi connectivity index (χ4v) is 8.89. The summed E-state index contributed by atoms with van der Waals surface area (Å²) < 4.78 is 2.59. The second-order valence-corrected chi connectivity index (χ2v) is 14.4. The van der Waals surface area contributed by atoms with Gasteiger partial charge >= 0.3 is 0 Å². The lowest BCUT2D eigenvalue weighted by molar-refractivity contribution is 1.30. The van der Waals surface area contributed by atoms with E-state index in [2.05, 4.69) is 205 Å². The van der Waals surface area contributed by atoms with Crippen LogP contribution in [0.3, 0.4) is 0 Å². The van der Waals surface area contributed by atoms with Crippen LogP contribution in [0.2, 0.25) is 0 Å². The fourth-order valence-electron chi connectivity index (χ4n) is 7.63. The van der Waals surface area contributed by atoms with Gasteiger partial charge in [0.2, 0.25) is 0 Å². The first kappa shape index (κ1) is 30.4. The van der Waals surface area contributed by atoms with Crippen LogP contribution in [0.15, 0.2) is 200 Å². The molecule has 244 valence electrons. The molecule has 0 N–H and O–H groups in total. The molecule has 0 aliphatic carbocycles. The van der Waals surface area contributed by atoms with Crippen molar-refractivity contribution in [3.8, 4) is 33.4 Å². The van der Waals surface area contributed by atoms with E-state index in [1.165, 1.54) is 80.8 Å². The zero-order chi connectivity index (χ0) is 34.4. The maximum atomic E-state index is 2.43. The van der Waals surface area contributed by atoms with E-state index in [0.29, 0.717) is 0 Å². The van der Waals surface area contributed by atoms with Crippen molar-refractivity contribution in [2.24, 2.45) is 0 Å². The summed E-state index contributed by atoms with van der Waals surface area (Å²) in [6.45, 7) is 0. The largest absolute Gasteiger partial charge is 0.310 e. The Labute approximate surface area is 307 Å². The zero-order valence-corrected chi connectivity index (χ0v) is 29.2. The normalized spacial score (nSPS) is 11.5. The van der Waals surface area contributed by atoms with E-state index in [4.69, 9.17) is 0 Å². The molecule has 0 aliphatic rings. The molecule has 9 aromatic carbocycles. The lowest BCUT2D eigenvalue weighted by atomic mass is 9.99. The van der Waals surface area contributed by atoms with E-state index in [9.17, 15) is 0 Å². The van der Waals surface area contributed by atoms with Gasteiger partial charge in [-0.1, -0.05) is 152 Å². The first-order valence-electron chi connectivity index (χ1n) is 17.8. The van der Waals surface area contributed by atoms with Crippen LogP contribution in [0.1, 0.15) is 0 Å². The van der Waals surface area contributed by atoms with E-state index in [-0.39, 0.29) is 0 Å². The maximum absolute atomic E-state index is 2.43. The Kier molecular flexibility index (Phi) is 7.41. The van der Waals surface area contributed by atoms with Gasteiger partial charge in [-0.2, -0.15) is 0 Å². The smallest absolute Gasteiger partial charge is 0.0554 e. The van der Waals surface area contributed by atoms with Gasteiger partial charge in [0.1, 0.15) is 0 Å². The summed E-state index contributed by atoms with van der Waals surface area (Å²) in [6.07, 6.45) is 0. The van der Waals surface area contributed by atoms with Gasteiger partial charge in [-0.25, -0.2) is 0 Å². The Morgan fingerprint density at radius 2 is 0.865 bits per heavy atom. The van der Waals surface area contributed by atoms with Crippen molar-refractivity contribution < 1.29 is 0 Å². The second kappa shape index (κ2) is 12.7. The van der Waals surface area contributed by atoms with Gasteiger partial charge in [0, 0.05) is 31.5 Å². The number of hydrogen-bond acceptors (Lipinski definition) is 2. The van der Waals surface area contributed by atoms with E-state index in [0.717, 1.165) is 11.4 Å². The van der Waals surface area contributed by atoms with Crippen molar-refractivity contribution in [1.82, 2.24) is 0 Å². The monoisotopic (exact) mass is 679 g/mol. The lowest BCUT2D eigenvalue weighted by Gasteiger charge is -2.27. The van der Waals surface area contributed by atoms with Gasteiger partial charge in [0.05, 0.1) is 5.69 Å². The summed E-state index contributed by atoms with van der Waals surface area (Å²) in [5.74, 6) is 0. The predicted octanol–water partition coefficient (Wildman–Crippen LogP) is 14.8. The molecule has 0 atom stereocenters. The summed E-state index contributed by atoms with van der Waals surface area (Å²) in [4.78, 5) is 2.43. The molecule has 0 saturated heterocycles. The highest BCUT2D eigenvalue weighted by Gasteiger charge is 2.20. The number of benzene rings is 9. The number of anilines is 3. The molecule has 0 aliphatic heterocycles. The number of hydrogen-bond donors (Lipinski definition) is 0. The van der Waals surface area contributed by atoms with Crippen LogP contribution in [-0.2, 0) is 0 Å². The van der Waals surface area contributed by atoms with E-state index < -0.39 is 0 Å². The average molecular weight is 680 g/mol. The molecule has 52 heavy (non-hydrogen) atoms. The quantitative estimate of drug-likeness (QED) is 0.169. The maximum Gasteiger partial charge on any atom is 0.0554 e. The Morgan fingerprint density at radius 1 is 0.346 bits per heavy atom. The van der Waals surface area contributed by atoms with Crippen LogP contribution in [0, 0.1) is 0 Å². The molecular formula is C50H33NS. The SMILES string of the molecule is c1ccc(-c2cccc3c2sc2cccc(N(c4ccc(-c5ccc6ccccc6c5)cc4)c4ccc(-c5ccc6ccccc6c5)cc4)c23)cc1. The van der Waals surface area contributed by atoms with Crippen molar-refractivity contribution in [3.05, 3.63) is 200 Å². The van der Waals surface area contributed by atoms with Crippen LogP contribution in [0.4, 0.5) is 17.1 Å². The summed E-state index contributed by atoms with van der Waals surface area (Å²) in [7, 11) is 0. The van der Waals surface area contributed by atoms with Crippen molar-refractivity contribution >= 4 is 70.1 Å². The number of rotatable bonds is 6. The molecule has 0 bridgehead atoms. The lowest BCUT2D eigenvalue weighted by Crippen LogP contribution is -2.10. The minimum Gasteiger partial charge on any atom is -0.310 e. The Hall–Kier alpha value is -6.48. The van der Waals surface area contributed by atoms with Gasteiger partial charge in [-0.05, 0) is 103 Å². The summed E-state index contributed by atoms with van der Waals surface area (Å²) in [5.41, 5.74) is 10.8. The van der Waals surface area contributed by atoms with E-state index in [1.807, 2.05) is 11.3 Å². The zero-order valence-electron chi connectivity index (χ0n) is 28.4. The molecule has 0 saturated carbocycles. The summed E-state index contributed by atoms with van der Waals surface area (Å²) in [5, 5.41) is 7.58. The van der Waals surface area contributed by atoms with Gasteiger partial charge in [-0.15, -0.1) is 11.3 Å². The Morgan fingerprint density at radius 3 is 1.46 bits per heavy atom. The second-order valence-electron chi connectivity index (χ2n) is 13.4. The molecule has 2 heteroatoms. The van der Waals surface area contributed by atoms with Gasteiger partial charge in [-0.3, -0.25) is 0 Å². The van der Waals surface area contributed by atoms with Crippen LogP contribution >= 0.6 is 11.3 Å². The minimum atomic E-state index is 1.12. The summed E-state index contributed by atoms with van der Waals surface area (Å²) >= 11 is 1.88. The average Bonchev–Trinajstić information content (AvgIpc) is 3.61. The molecule has 1 heterocycles. The molecule has 0 amide bonds. The van der Waals surface area contributed by atoms with E-state index in [1.54, 1.807) is 0 Å². The molecule has 0 spiro atoms. The van der Waals surface area contributed by atoms with Crippen LogP contribution in [-0.4, -0.2) is 0 Å². The topological polar surface area (TPSA) is 3.24 Å². The van der Waals surface area contributed by atoms with Gasteiger partial charge in [0.15, 0.2) is 0 Å².